The van der Waals surface area contributed by atoms with Gasteiger partial charge < -0.3 is 19.9 Å². The highest BCUT2D eigenvalue weighted by Gasteiger charge is 2.40. The monoisotopic (exact) mass is 327 g/mol. The number of ether oxygens (including phenoxy) is 1. The van der Waals surface area contributed by atoms with Gasteiger partial charge in [-0.2, -0.15) is 0 Å². The van der Waals surface area contributed by atoms with Crippen LogP contribution < -0.4 is 16.2 Å². The Kier molecular flexibility index (Phi) is 4.60. The molecule has 7 nitrogen and oxygen atoms in total. The molecule has 7 heteroatoms. The van der Waals surface area contributed by atoms with Crippen LogP contribution in [0.5, 0.6) is 0 Å². The molecule has 1 aromatic carbocycles. The molecule has 2 atom stereocenters. The highest BCUT2D eigenvalue weighted by Crippen LogP contribution is 2.09. The molecule has 0 spiro atoms. The van der Waals surface area contributed by atoms with E-state index in [0.29, 0.717) is 0 Å². The summed E-state index contributed by atoms with van der Waals surface area (Å²) < 4.78 is 6.59. The summed E-state index contributed by atoms with van der Waals surface area (Å²) in [5.74, 6) is -0.291. The second kappa shape index (κ2) is 6.99. The molecule has 24 heavy (non-hydrogen) atoms. The first kappa shape index (κ1) is 15.8. The molecule has 1 aromatic heterocycles. The second-order valence-corrected chi connectivity index (χ2v) is 5.49. The van der Waals surface area contributed by atoms with E-state index in [1.54, 1.807) is 18.3 Å². The van der Waals surface area contributed by atoms with E-state index in [9.17, 15) is 14.4 Å². The van der Waals surface area contributed by atoms with Crippen LogP contribution in [0.2, 0.25) is 0 Å². The number of alkyl carbamates (subject to hydrolysis) is 1. The molecule has 2 N–H and O–H groups in total. The van der Waals surface area contributed by atoms with E-state index in [1.165, 1.54) is 10.6 Å². The van der Waals surface area contributed by atoms with Crippen molar-refractivity contribution < 1.29 is 14.3 Å². The summed E-state index contributed by atoms with van der Waals surface area (Å²) in [4.78, 5) is 35.2. The summed E-state index contributed by atoms with van der Waals surface area (Å²) >= 11 is 0. The van der Waals surface area contributed by atoms with Gasteiger partial charge in [-0.3, -0.25) is 9.59 Å². The number of nitrogens with one attached hydrogen (secondary N) is 2. The summed E-state index contributed by atoms with van der Waals surface area (Å²) in [6, 6.07) is 13.0. The lowest BCUT2D eigenvalue weighted by Gasteiger charge is -2.36. The molecule has 0 saturated carbocycles. The van der Waals surface area contributed by atoms with Crippen LogP contribution in [0.15, 0.2) is 59.5 Å². The number of rotatable bonds is 5. The number of carbonyl (C=O) groups excluding carboxylic acids is 2. The van der Waals surface area contributed by atoms with E-state index < -0.39 is 12.1 Å². The van der Waals surface area contributed by atoms with Gasteiger partial charge in [0.1, 0.15) is 12.6 Å². The van der Waals surface area contributed by atoms with Gasteiger partial charge in [0.05, 0.1) is 6.04 Å². The Bertz CT molecular complexity index is 788. The first-order chi connectivity index (χ1) is 11.6. The van der Waals surface area contributed by atoms with Crippen LogP contribution in [0.3, 0.4) is 0 Å². The average Bonchev–Trinajstić information content (AvgIpc) is 2.60. The Morgan fingerprint density at radius 1 is 1.12 bits per heavy atom. The van der Waals surface area contributed by atoms with Crippen LogP contribution in [-0.2, 0) is 22.7 Å². The zero-order valence-electron chi connectivity index (χ0n) is 12.8. The molecular weight excluding hydrogens is 310 g/mol. The summed E-state index contributed by atoms with van der Waals surface area (Å²) in [6.45, 7) is 0.416. The van der Waals surface area contributed by atoms with Gasteiger partial charge in [0, 0.05) is 18.8 Å². The van der Waals surface area contributed by atoms with E-state index in [1.807, 2.05) is 30.3 Å². The fourth-order valence-corrected chi connectivity index (χ4v) is 2.47. The molecule has 124 valence electrons. The topological polar surface area (TPSA) is 89.4 Å². The Hall–Kier alpha value is -3.09. The zero-order chi connectivity index (χ0) is 16.9. The first-order valence-electron chi connectivity index (χ1n) is 7.56. The van der Waals surface area contributed by atoms with Crippen LogP contribution in [0.25, 0.3) is 0 Å². The Balaban J connectivity index is 1.53. The van der Waals surface area contributed by atoms with Crippen LogP contribution in [0.4, 0.5) is 4.79 Å². The maximum absolute atomic E-state index is 11.8. The largest absolute Gasteiger partial charge is 0.445 e. The normalized spacial score (nSPS) is 19.1. The van der Waals surface area contributed by atoms with Crippen molar-refractivity contribution in [2.75, 3.05) is 0 Å². The maximum atomic E-state index is 11.8. The number of pyridine rings is 1. The van der Waals surface area contributed by atoms with Crippen LogP contribution in [0, 0.1) is 0 Å². The van der Waals surface area contributed by atoms with Gasteiger partial charge in [0.15, 0.2) is 0 Å². The van der Waals surface area contributed by atoms with E-state index >= 15 is 0 Å². The van der Waals surface area contributed by atoms with Crippen molar-refractivity contribution in [3.8, 4) is 0 Å². The van der Waals surface area contributed by atoms with Crippen LogP contribution in [0.1, 0.15) is 5.56 Å². The third-order valence-corrected chi connectivity index (χ3v) is 3.79. The molecule has 2 heterocycles. The number of β-lactam (4-membered cyclic amide) rings is 1. The van der Waals surface area contributed by atoms with Gasteiger partial charge in [0.25, 0.3) is 5.56 Å². The van der Waals surface area contributed by atoms with E-state index in [-0.39, 0.29) is 30.7 Å². The Morgan fingerprint density at radius 2 is 1.88 bits per heavy atom. The highest BCUT2D eigenvalue weighted by molar-refractivity contribution is 5.92. The third kappa shape index (κ3) is 3.62. The zero-order valence-corrected chi connectivity index (χ0v) is 12.8. The molecule has 2 amide bonds. The first-order valence-corrected chi connectivity index (χ1v) is 7.56. The lowest BCUT2D eigenvalue weighted by molar-refractivity contribution is -0.131. The average molecular weight is 327 g/mol. The van der Waals surface area contributed by atoms with Gasteiger partial charge in [-0.05, 0) is 11.6 Å². The smallest absolute Gasteiger partial charge is 0.408 e. The summed E-state index contributed by atoms with van der Waals surface area (Å²) in [6.07, 6.45) is 0.974. The van der Waals surface area contributed by atoms with Crippen molar-refractivity contribution in [2.24, 2.45) is 0 Å². The summed E-state index contributed by atoms with van der Waals surface area (Å²) in [5.41, 5.74) is 0.696. The Labute approximate surface area is 138 Å². The fourth-order valence-electron chi connectivity index (χ4n) is 2.47. The van der Waals surface area contributed by atoms with E-state index in [0.717, 1.165) is 5.56 Å². The fraction of sp³-hybridized carbons (Fsp3) is 0.235. The van der Waals surface area contributed by atoms with Crippen molar-refractivity contribution in [3.63, 3.8) is 0 Å². The lowest BCUT2D eigenvalue weighted by atomic mass is 9.99. The lowest BCUT2D eigenvalue weighted by Crippen LogP contribution is -2.70. The van der Waals surface area contributed by atoms with E-state index in [2.05, 4.69) is 10.6 Å². The maximum Gasteiger partial charge on any atom is 0.408 e. The molecule has 1 aliphatic rings. The number of carbonyl (C=O) groups is 2. The van der Waals surface area contributed by atoms with Gasteiger partial charge in [-0.15, -0.1) is 0 Å². The third-order valence-electron chi connectivity index (χ3n) is 3.79. The summed E-state index contributed by atoms with van der Waals surface area (Å²) in [5, 5.41) is 5.22. The van der Waals surface area contributed by atoms with Crippen molar-refractivity contribution >= 4 is 12.0 Å². The predicted octanol–water partition coefficient (Wildman–Crippen LogP) is 0.642. The number of aromatic nitrogens is 1. The molecule has 0 unspecified atom stereocenters. The molecule has 0 aliphatic carbocycles. The molecule has 1 fully saturated rings. The minimum absolute atomic E-state index is 0.129. The molecule has 1 aliphatic heterocycles. The number of nitrogens with zero attached hydrogens (tertiary/aromatic N) is 1. The van der Waals surface area contributed by atoms with Crippen molar-refractivity contribution in [1.82, 2.24) is 15.2 Å². The molecule has 2 aromatic rings. The molecular formula is C17H17N3O4. The number of amides is 2. The second-order valence-electron chi connectivity index (χ2n) is 5.49. The van der Waals surface area contributed by atoms with Crippen molar-refractivity contribution in [3.05, 3.63) is 70.6 Å². The molecule has 3 rings (SSSR count). The van der Waals surface area contributed by atoms with Gasteiger partial charge in [-0.1, -0.05) is 36.4 Å². The van der Waals surface area contributed by atoms with E-state index in [4.69, 9.17) is 4.74 Å². The van der Waals surface area contributed by atoms with Gasteiger partial charge >= 0.3 is 6.09 Å². The summed E-state index contributed by atoms with van der Waals surface area (Å²) in [7, 11) is 0. The quantitative estimate of drug-likeness (QED) is 0.789. The highest BCUT2D eigenvalue weighted by atomic mass is 16.5. The van der Waals surface area contributed by atoms with Crippen LogP contribution in [-0.4, -0.2) is 28.7 Å². The van der Waals surface area contributed by atoms with Crippen molar-refractivity contribution in [2.45, 2.75) is 25.2 Å². The minimum Gasteiger partial charge on any atom is -0.445 e. The van der Waals surface area contributed by atoms with Crippen LogP contribution >= 0.6 is 0 Å². The predicted molar refractivity (Wildman–Crippen MR) is 86.2 cm³/mol. The number of hydrogen-bond donors (Lipinski definition) is 2. The SMILES string of the molecule is O=C(N[C@@H]1C(=O)N[C@@H]1Cn1ccccc1=O)OCc1ccccc1. The Morgan fingerprint density at radius 3 is 2.58 bits per heavy atom. The molecule has 0 radical (unpaired) electrons. The van der Waals surface area contributed by atoms with Gasteiger partial charge in [-0.25, -0.2) is 4.79 Å². The minimum atomic E-state index is -0.708. The number of benzene rings is 1. The standard InChI is InChI=1S/C17H17N3O4/c21-14-8-4-5-9-20(14)10-13-15(16(22)18-13)19-17(23)24-11-12-6-2-1-3-7-12/h1-9,13,15H,10-11H2,(H,18,22)(H,19,23)/t13-,15+/m1/s1. The van der Waals surface area contributed by atoms with Gasteiger partial charge in [0.2, 0.25) is 5.91 Å². The molecule has 0 bridgehead atoms. The van der Waals surface area contributed by atoms with Crippen molar-refractivity contribution in [1.29, 1.82) is 0 Å². The number of hydrogen-bond acceptors (Lipinski definition) is 4. The molecule has 1 saturated heterocycles.